The maximum atomic E-state index is 11.7. The molecule has 15 heavy (non-hydrogen) atoms. The second kappa shape index (κ2) is 7.31. The third-order valence-electron chi connectivity index (χ3n) is 1.76. The molecule has 77 valence electrons. The van der Waals surface area contributed by atoms with Gasteiger partial charge >= 0.3 is 0 Å². The van der Waals surface area contributed by atoms with Crippen LogP contribution in [-0.4, -0.2) is 37.7 Å². The van der Waals surface area contributed by atoms with E-state index in [2.05, 4.69) is 0 Å². The van der Waals surface area contributed by atoms with Gasteiger partial charge in [-0.25, -0.2) is 0 Å². The van der Waals surface area contributed by atoms with Crippen molar-refractivity contribution in [1.82, 2.24) is 0 Å². The first-order chi connectivity index (χ1) is 6.70. The number of carbonyl (C=O) groups excluding carboxylic acids is 1. The Hall–Kier alpha value is 0.00740. The number of rotatable bonds is 4. The van der Waals surface area contributed by atoms with Crippen molar-refractivity contribution in [3.05, 3.63) is 28.8 Å². The van der Waals surface area contributed by atoms with E-state index < -0.39 is 0 Å². The standard InChI is InChI=1S/C10H12ClO2P.Li/c1-3-14-10(12)9-7(11)5-4-6-8(9)13-2;/h4-6,14H,3H2,1-2H3;. The van der Waals surface area contributed by atoms with Crippen LogP contribution in [0.15, 0.2) is 18.2 Å². The monoisotopic (exact) mass is 237 g/mol. The molecule has 0 aliphatic carbocycles. The van der Waals surface area contributed by atoms with Crippen molar-refractivity contribution in [3.8, 4) is 5.75 Å². The van der Waals surface area contributed by atoms with E-state index in [1.165, 1.54) is 7.11 Å². The summed E-state index contributed by atoms with van der Waals surface area (Å²) in [5.74, 6) is 0.559. The van der Waals surface area contributed by atoms with Crippen molar-refractivity contribution >= 4 is 44.6 Å². The molecule has 0 fully saturated rings. The summed E-state index contributed by atoms with van der Waals surface area (Å²) in [6.07, 6.45) is 0.840. The van der Waals surface area contributed by atoms with Crippen molar-refractivity contribution in [1.29, 1.82) is 0 Å². The molecular weight excluding hydrogens is 225 g/mol. The molecule has 5 heteroatoms. The first kappa shape index (κ1) is 15.0. The van der Waals surface area contributed by atoms with Gasteiger partial charge in [0.15, 0.2) is 5.52 Å². The minimum absolute atomic E-state index is 0. The van der Waals surface area contributed by atoms with Crippen molar-refractivity contribution in [2.45, 2.75) is 6.92 Å². The van der Waals surface area contributed by atoms with E-state index in [0.29, 0.717) is 16.3 Å². The fourth-order valence-corrected chi connectivity index (χ4v) is 2.23. The Morgan fingerprint density at radius 1 is 1.53 bits per heavy atom. The van der Waals surface area contributed by atoms with Crippen LogP contribution in [0.2, 0.25) is 5.02 Å². The molecule has 0 aliphatic rings. The third-order valence-corrected chi connectivity index (χ3v) is 3.00. The summed E-state index contributed by atoms with van der Waals surface area (Å²) in [6.45, 7) is 1.97. The van der Waals surface area contributed by atoms with Crippen LogP contribution in [0, 0.1) is 0 Å². The van der Waals surface area contributed by atoms with Gasteiger partial charge in [0.25, 0.3) is 0 Å². The molecule has 1 radical (unpaired) electrons. The Morgan fingerprint density at radius 3 is 2.73 bits per heavy atom. The van der Waals surface area contributed by atoms with Gasteiger partial charge in [-0.1, -0.05) is 24.6 Å². The summed E-state index contributed by atoms with van der Waals surface area (Å²) in [6, 6.07) is 5.23. The molecule has 0 heterocycles. The zero-order chi connectivity index (χ0) is 10.6. The maximum Gasteiger partial charge on any atom is 0.186 e. The summed E-state index contributed by atoms with van der Waals surface area (Å²) >= 11 is 5.94. The minimum atomic E-state index is 0. The van der Waals surface area contributed by atoms with Crippen molar-refractivity contribution in [3.63, 3.8) is 0 Å². The molecule has 0 aliphatic heterocycles. The average Bonchev–Trinajstić information content (AvgIpc) is 2.17. The number of methoxy groups -OCH3 is 1. The summed E-state index contributed by atoms with van der Waals surface area (Å²) in [5.41, 5.74) is 0.576. The van der Waals surface area contributed by atoms with E-state index in [-0.39, 0.29) is 33.0 Å². The van der Waals surface area contributed by atoms with Crippen molar-refractivity contribution in [2.24, 2.45) is 0 Å². The molecule has 0 N–H and O–H groups in total. The average molecular weight is 238 g/mol. The number of halogens is 1. The summed E-state index contributed by atoms with van der Waals surface area (Å²) in [7, 11) is 1.80. The van der Waals surface area contributed by atoms with E-state index >= 15 is 0 Å². The van der Waals surface area contributed by atoms with Crippen LogP contribution >= 0.6 is 20.2 Å². The molecule has 1 aromatic rings. The van der Waals surface area contributed by atoms with Crippen LogP contribution in [0.1, 0.15) is 17.3 Å². The van der Waals surface area contributed by atoms with Gasteiger partial charge in [-0.2, -0.15) is 0 Å². The Morgan fingerprint density at radius 2 is 2.20 bits per heavy atom. The molecule has 0 saturated heterocycles. The molecule has 0 bridgehead atoms. The van der Waals surface area contributed by atoms with Gasteiger partial charge in [0.05, 0.1) is 17.7 Å². The van der Waals surface area contributed by atoms with Gasteiger partial charge in [0.1, 0.15) is 5.75 Å². The normalized spacial score (nSPS) is 10.1. The number of carbonyl (C=O) groups is 1. The molecule has 1 atom stereocenters. The van der Waals surface area contributed by atoms with Gasteiger partial charge in [-0.3, -0.25) is 4.79 Å². The molecule has 0 aromatic heterocycles. The topological polar surface area (TPSA) is 26.3 Å². The maximum absolute atomic E-state index is 11.7. The molecule has 0 saturated carbocycles. The minimum Gasteiger partial charge on any atom is -0.496 e. The third kappa shape index (κ3) is 3.82. The first-order valence-corrected chi connectivity index (χ1v) is 5.90. The summed E-state index contributed by atoms with van der Waals surface area (Å²) < 4.78 is 5.09. The second-order valence-corrected chi connectivity index (χ2v) is 4.60. The Balaban J connectivity index is 0.00000196. The van der Waals surface area contributed by atoms with E-state index in [9.17, 15) is 4.79 Å². The quantitative estimate of drug-likeness (QED) is 0.595. The summed E-state index contributed by atoms with van der Waals surface area (Å²) in [5, 5.41) is 0.468. The van der Waals surface area contributed by atoms with Crippen LogP contribution in [0.3, 0.4) is 0 Å². The Labute approximate surface area is 109 Å². The molecule has 1 unspecified atom stereocenters. The number of hydrogen-bond acceptors (Lipinski definition) is 2. The smallest absolute Gasteiger partial charge is 0.186 e. The Bertz CT molecular complexity index is 344. The van der Waals surface area contributed by atoms with E-state index in [1.807, 2.05) is 6.92 Å². The fourth-order valence-electron chi connectivity index (χ4n) is 1.14. The SMILES string of the molecule is CCPC(=O)c1c(Cl)cccc1OC.[Li]. The molecule has 2 nitrogen and oxygen atoms in total. The zero-order valence-electron chi connectivity index (χ0n) is 9.13. The van der Waals surface area contributed by atoms with Crippen LogP contribution < -0.4 is 4.74 Å². The second-order valence-electron chi connectivity index (χ2n) is 2.68. The van der Waals surface area contributed by atoms with Crippen molar-refractivity contribution in [2.75, 3.05) is 13.3 Å². The molecule has 1 rings (SSSR count). The fraction of sp³-hybridized carbons (Fsp3) is 0.300. The predicted octanol–water partition coefficient (Wildman–Crippen LogP) is 2.81. The first-order valence-electron chi connectivity index (χ1n) is 4.31. The van der Waals surface area contributed by atoms with E-state index in [4.69, 9.17) is 16.3 Å². The van der Waals surface area contributed by atoms with Crippen LogP contribution in [-0.2, 0) is 0 Å². The summed E-state index contributed by atoms with van der Waals surface area (Å²) in [4.78, 5) is 11.7. The van der Waals surface area contributed by atoms with Gasteiger partial charge in [-0.15, -0.1) is 0 Å². The van der Waals surface area contributed by atoms with Gasteiger partial charge < -0.3 is 4.74 Å². The molecule has 0 spiro atoms. The van der Waals surface area contributed by atoms with Crippen molar-refractivity contribution < 1.29 is 9.53 Å². The van der Waals surface area contributed by atoms with Crippen LogP contribution in [0.5, 0.6) is 5.75 Å². The number of ether oxygens (including phenoxy) is 1. The van der Waals surface area contributed by atoms with Crippen LogP contribution in [0.25, 0.3) is 0 Å². The van der Waals surface area contributed by atoms with E-state index in [0.717, 1.165) is 6.16 Å². The molecule has 0 amide bonds. The largest absolute Gasteiger partial charge is 0.496 e. The number of hydrogen-bond donors (Lipinski definition) is 0. The van der Waals surface area contributed by atoms with Crippen LogP contribution in [0.4, 0.5) is 0 Å². The van der Waals surface area contributed by atoms with Gasteiger partial charge in [-0.05, 0) is 26.9 Å². The number of benzene rings is 1. The Kier molecular flexibility index (Phi) is 7.31. The zero-order valence-corrected chi connectivity index (χ0v) is 10.9. The molecule has 1 aromatic carbocycles. The van der Waals surface area contributed by atoms with Gasteiger partial charge in [0, 0.05) is 18.9 Å². The molecular formula is C10H12ClLiO2P. The van der Waals surface area contributed by atoms with E-state index in [1.54, 1.807) is 18.2 Å². The van der Waals surface area contributed by atoms with Gasteiger partial charge in [0.2, 0.25) is 0 Å². The predicted molar refractivity (Wildman–Crippen MR) is 66.9 cm³/mol.